The zero-order valence-corrected chi connectivity index (χ0v) is 18.5. The number of aryl methyl sites for hydroxylation is 1. The van der Waals surface area contributed by atoms with E-state index in [9.17, 15) is 14.0 Å². The number of fused-ring (bicyclic) bond motifs is 1. The molecule has 2 amide bonds. The Bertz CT molecular complexity index is 1390. The molecule has 4 rings (SSSR count). The predicted octanol–water partition coefficient (Wildman–Crippen LogP) is 4.96. The predicted molar refractivity (Wildman–Crippen MR) is 127 cm³/mol. The monoisotopic (exact) mass is 459 g/mol. The Balaban J connectivity index is 1.54. The molecule has 0 bridgehead atoms. The Hall–Kier alpha value is -4.53. The van der Waals surface area contributed by atoms with Gasteiger partial charge < -0.3 is 21.1 Å². The number of carbonyl (C=O) groups is 2. The van der Waals surface area contributed by atoms with E-state index in [2.05, 4.69) is 20.6 Å². The van der Waals surface area contributed by atoms with Crippen LogP contribution in [-0.2, 0) is 0 Å². The molecule has 0 spiro atoms. The highest BCUT2D eigenvalue weighted by atomic mass is 19.1. The van der Waals surface area contributed by atoms with Gasteiger partial charge in [-0.05, 0) is 61.4 Å². The molecule has 0 aliphatic carbocycles. The zero-order chi connectivity index (χ0) is 24.2. The third-order valence-electron chi connectivity index (χ3n) is 5.27. The van der Waals surface area contributed by atoms with E-state index in [0.29, 0.717) is 28.0 Å². The van der Waals surface area contributed by atoms with Gasteiger partial charge in [-0.15, -0.1) is 0 Å². The van der Waals surface area contributed by atoms with Gasteiger partial charge in [0, 0.05) is 16.6 Å². The largest absolute Gasteiger partial charge is 0.410 e. The number of amides is 2. The van der Waals surface area contributed by atoms with E-state index in [0.717, 1.165) is 5.56 Å². The van der Waals surface area contributed by atoms with E-state index in [1.54, 1.807) is 43.3 Å². The van der Waals surface area contributed by atoms with Crippen LogP contribution in [0.5, 0.6) is 5.75 Å². The third kappa shape index (κ3) is 4.93. The molecule has 3 aromatic carbocycles. The van der Waals surface area contributed by atoms with Gasteiger partial charge in [0.15, 0.2) is 5.75 Å². The fourth-order valence-corrected chi connectivity index (χ4v) is 3.48. The molecule has 0 aliphatic heterocycles. The first-order chi connectivity index (χ1) is 16.3. The molecule has 8 nitrogen and oxygen atoms in total. The van der Waals surface area contributed by atoms with Crippen LogP contribution in [0.25, 0.3) is 10.9 Å². The summed E-state index contributed by atoms with van der Waals surface area (Å²) in [6, 6.07) is 16.6. The van der Waals surface area contributed by atoms with Crippen LogP contribution in [0.4, 0.5) is 20.7 Å². The van der Waals surface area contributed by atoms with Crippen molar-refractivity contribution in [3.8, 4) is 5.75 Å². The van der Waals surface area contributed by atoms with Gasteiger partial charge in [0.2, 0.25) is 0 Å². The minimum atomic E-state index is -0.929. The molecule has 4 aromatic rings. The van der Waals surface area contributed by atoms with E-state index in [4.69, 9.17) is 10.5 Å². The molecule has 4 N–H and O–H groups in total. The van der Waals surface area contributed by atoms with E-state index in [-0.39, 0.29) is 17.4 Å². The number of nitrogens with one attached hydrogen (secondary N) is 2. The molecule has 172 valence electrons. The molecule has 1 aromatic heterocycles. The number of primary amides is 1. The maximum absolute atomic E-state index is 13.8. The first-order valence-electron chi connectivity index (χ1n) is 10.5. The van der Waals surface area contributed by atoms with Crippen molar-refractivity contribution >= 4 is 34.4 Å². The maximum Gasteiger partial charge on any atom is 0.410 e. The van der Waals surface area contributed by atoms with Gasteiger partial charge in [-0.1, -0.05) is 24.3 Å². The molecule has 1 atom stereocenters. The first-order valence-corrected chi connectivity index (χ1v) is 10.5. The fraction of sp³-hybridized carbons (Fsp3) is 0.120. The summed E-state index contributed by atoms with van der Waals surface area (Å²) in [6.07, 6.45) is 0.434. The number of anilines is 2. The van der Waals surface area contributed by atoms with Crippen molar-refractivity contribution in [3.05, 3.63) is 89.5 Å². The Labute approximate surface area is 195 Å². The highest BCUT2D eigenvalue weighted by molar-refractivity contribution is 6.04. The van der Waals surface area contributed by atoms with E-state index in [1.165, 1.54) is 12.4 Å². The van der Waals surface area contributed by atoms with Crippen molar-refractivity contribution in [3.63, 3.8) is 0 Å². The van der Waals surface area contributed by atoms with Crippen molar-refractivity contribution in [1.29, 1.82) is 0 Å². The molecular formula is C25H22FN5O3. The average molecular weight is 459 g/mol. The highest BCUT2D eigenvalue weighted by Gasteiger charge is 2.14. The number of hydrogen-bond acceptors (Lipinski definition) is 6. The lowest BCUT2D eigenvalue weighted by molar-refractivity contribution is 0.102. The number of rotatable bonds is 6. The number of halogens is 1. The van der Waals surface area contributed by atoms with Gasteiger partial charge in [-0.3, -0.25) is 4.79 Å². The number of nitrogens with two attached hydrogens (primary N) is 1. The van der Waals surface area contributed by atoms with Crippen molar-refractivity contribution in [2.45, 2.75) is 19.9 Å². The van der Waals surface area contributed by atoms with Crippen molar-refractivity contribution in [2.75, 3.05) is 10.6 Å². The van der Waals surface area contributed by atoms with Crippen molar-refractivity contribution in [2.24, 2.45) is 5.73 Å². The molecule has 0 radical (unpaired) electrons. The second-order valence-electron chi connectivity index (χ2n) is 7.71. The second-order valence-corrected chi connectivity index (χ2v) is 7.71. The summed E-state index contributed by atoms with van der Waals surface area (Å²) in [6.45, 7) is 3.58. The molecule has 0 fully saturated rings. The van der Waals surface area contributed by atoms with Crippen LogP contribution < -0.4 is 21.1 Å². The number of para-hydroxylation sites is 1. The number of aromatic nitrogens is 2. The topological polar surface area (TPSA) is 119 Å². The van der Waals surface area contributed by atoms with Gasteiger partial charge in [0.25, 0.3) is 5.91 Å². The van der Waals surface area contributed by atoms with Crippen molar-refractivity contribution < 1.29 is 18.7 Å². The first kappa shape index (κ1) is 22.7. The Morgan fingerprint density at radius 3 is 2.62 bits per heavy atom. The number of nitrogens with zero attached hydrogens (tertiary/aromatic N) is 2. The summed E-state index contributed by atoms with van der Waals surface area (Å²) in [4.78, 5) is 32.3. The maximum atomic E-state index is 13.8. The number of ether oxygens (including phenoxy) is 1. The van der Waals surface area contributed by atoms with Gasteiger partial charge in [0.1, 0.15) is 23.5 Å². The molecule has 0 aliphatic rings. The molecule has 0 saturated carbocycles. The van der Waals surface area contributed by atoms with E-state index < -0.39 is 17.8 Å². The SMILES string of the molecule is Cc1ccc(C(=O)Nc2cccc(C(C)Nc3ncnc4c(OC(N)=O)cccc34)c2)cc1F. The lowest BCUT2D eigenvalue weighted by Gasteiger charge is -2.17. The van der Waals surface area contributed by atoms with E-state index >= 15 is 0 Å². The molecular weight excluding hydrogens is 437 g/mol. The van der Waals surface area contributed by atoms with E-state index in [1.807, 2.05) is 25.1 Å². The van der Waals surface area contributed by atoms with Crippen LogP contribution in [0, 0.1) is 12.7 Å². The summed E-state index contributed by atoms with van der Waals surface area (Å²) in [5, 5.41) is 6.77. The smallest absolute Gasteiger partial charge is 0.408 e. The third-order valence-corrected chi connectivity index (χ3v) is 5.27. The lowest BCUT2D eigenvalue weighted by atomic mass is 10.1. The summed E-state index contributed by atoms with van der Waals surface area (Å²) in [5.74, 6) is -0.0570. The molecule has 0 saturated heterocycles. The highest BCUT2D eigenvalue weighted by Crippen LogP contribution is 2.30. The number of carbonyl (C=O) groups excluding carboxylic acids is 2. The normalized spacial score (nSPS) is 11.6. The van der Waals surface area contributed by atoms with Crippen LogP contribution in [0.3, 0.4) is 0 Å². The Morgan fingerprint density at radius 1 is 1.06 bits per heavy atom. The Morgan fingerprint density at radius 2 is 1.85 bits per heavy atom. The van der Waals surface area contributed by atoms with Gasteiger partial charge in [-0.2, -0.15) is 0 Å². The quantitative estimate of drug-likeness (QED) is 0.375. The van der Waals surface area contributed by atoms with Crippen molar-refractivity contribution in [1.82, 2.24) is 9.97 Å². The van der Waals surface area contributed by atoms with Crippen LogP contribution in [0.2, 0.25) is 0 Å². The summed E-state index contributed by atoms with van der Waals surface area (Å²) in [7, 11) is 0. The average Bonchev–Trinajstić information content (AvgIpc) is 2.81. The number of hydrogen-bond donors (Lipinski definition) is 3. The standard InChI is InChI=1S/C25H22FN5O3/c1-14-9-10-17(12-20(14)26)24(32)31-18-6-3-5-16(11-18)15(2)30-23-19-7-4-8-21(34-25(27)33)22(19)28-13-29-23/h3-13,15H,1-2H3,(H2,27,33)(H,31,32)(H,28,29,30). The minimum absolute atomic E-state index is 0.201. The lowest BCUT2D eigenvalue weighted by Crippen LogP contribution is -2.16. The summed E-state index contributed by atoms with van der Waals surface area (Å²) < 4.78 is 18.9. The van der Waals surface area contributed by atoms with Gasteiger partial charge >= 0.3 is 6.09 Å². The van der Waals surface area contributed by atoms with Crippen LogP contribution in [-0.4, -0.2) is 22.0 Å². The zero-order valence-electron chi connectivity index (χ0n) is 18.5. The summed E-state index contributed by atoms with van der Waals surface area (Å²) >= 11 is 0. The number of benzene rings is 3. The van der Waals surface area contributed by atoms with Crippen LogP contribution >= 0.6 is 0 Å². The van der Waals surface area contributed by atoms with Gasteiger partial charge in [-0.25, -0.2) is 19.2 Å². The molecule has 1 unspecified atom stereocenters. The fourth-order valence-electron chi connectivity index (χ4n) is 3.48. The molecule has 9 heteroatoms. The minimum Gasteiger partial charge on any atom is -0.408 e. The van der Waals surface area contributed by atoms with Gasteiger partial charge in [0.05, 0.1) is 6.04 Å². The Kier molecular flexibility index (Phi) is 6.35. The van der Waals surface area contributed by atoms with Crippen LogP contribution in [0.1, 0.15) is 34.5 Å². The molecule has 1 heterocycles. The van der Waals surface area contributed by atoms with Crippen LogP contribution in [0.15, 0.2) is 67.0 Å². The molecule has 34 heavy (non-hydrogen) atoms. The summed E-state index contributed by atoms with van der Waals surface area (Å²) in [5.41, 5.74) is 7.75. The second kappa shape index (κ2) is 9.53.